The third-order valence-electron chi connectivity index (χ3n) is 5.25. The number of carbonyl (C=O) groups excluding carboxylic acids is 2. The van der Waals surface area contributed by atoms with Crippen LogP contribution in [0.3, 0.4) is 0 Å². The standard InChI is InChI=1S/C21H27N3O4/c1-15-5-7-17(28-15)8-10-19(26)23-14-21(11-3-2-4-12-21)24-20(27)16-6-9-18(25)22-13-16/h5-7,9,13H,2-4,8,10-12,14H2,1H3,(H,22,25)(H,23,26)(H,24,27). The summed E-state index contributed by atoms with van der Waals surface area (Å²) in [5.74, 6) is 1.34. The van der Waals surface area contributed by atoms with Crippen molar-refractivity contribution in [1.29, 1.82) is 0 Å². The molecule has 3 rings (SSSR count). The van der Waals surface area contributed by atoms with Crippen LogP contribution in [-0.2, 0) is 11.2 Å². The molecule has 2 aromatic rings. The zero-order valence-electron chi connectivity index (χ0n) is 16.2. The normalized spacial score (nSPS) is 15.8. The molecule has 0 atom stereocenters. The predicted octanol–water partition coefficient (Wildman–Crippen LogP) is 2.46. The first-order valence-corrected chi connectivity index (χ1v) is 9.79. The van der Waals surface area contributed by atoms with E-state index in [0.717, 1.165) is 43.6 Å². The minimum absolute atomic E-state index is 0.0581. The second-order valence-electron chi connectivity index (χ2n) is 7.53. The maximum absolute atomic E-state index is 12.6. The lowest BCUT2D eigenvalue weighted by molar-refractivity contribution is -0.121. The van der Waals surface area contributed by atoms with Gasteiger partial charge < -0.3 is 20.0 Å². The molecule has 0 spiro atoms. The molecule has 0 radical (unpaired) electrons. The molecule has 150 valence electrons. The van der Waals surface area contributed by atoms with Gasteiger partial charge in [0.15, 0.2) is 0 Å². The third kappa shape index (κ3) is 5.34. The lowest BCUT2D eigenvalue weighted by Gasteiger charge is -2.38. The highest BCUT2D eigenvalue weighted by molar-refractivity contribution is 5.94. The van der Waals surface area contributed by atoms with Gasteiger partial charge in [-0.2, -0.15) is 0 Å². The van der Waals surface area contributed by atoms with Gasteiger partial charge in [-0.3, -0.25) is 14.4 Å². The van der Waals surface area contributed by atoms with Gasteiger partial charge in [0, 0.05) is 31.6 Å². The molecule has 2 aromatic heterocycles. The van der Waals surface area contributed by atoms with Crippen molar-refractivity contribution >= 4 is 11.8 Å². The van der Waals surface area contributed by atoms with E-state index in [4.69, 9.17) is 4.42 Å². The number of hydrogen-bond donors (Lipinski definition) is 3. The summed E-state index contributed by atoms with van der Waals surface area (Å²) in [6.07, 6.45) is 7.09. The second-order valence-corrected chi connectivity index (χ2v) is 7.53. The van der Waals surface area contributed by atoms with Gasteiger partial charge in [0.2, 0.25) is 11.5 Å². The summed E-state index contributed by atoms with van der Waals surface area (Å²) >= 11 is 0. The molecule has 0 bridgehead atoms. The Balaban J connectivity index is 1.57. The van der Waals surface area contributed by atoms with E-state index in [1.165, 1.54) is 18.3 Å². The quantitative estimate of drug-likeness (QED) is 0.681. The summed E-state index contributed by atoms with van der Waals surface area (Å²) in [4.78, 5) is 38.6. The minimum Gasteiger partial charge on any atom is -0.466 e. The Bertz CT molecular complexity index is 857. The van der Waals surface area contributed by atoms with Crippen LogP contribution in [-0.4, -0.2) is 28.9 Å². The number of H-pyrrole nitrogens is 1. The number of aromatic nitrogens is 1. The monoisotopic (exact) mass is 385 g/mol. The van der Waals surface area contributed by atoms with E-state index in [2.05, 4.69) is 15.6 Å². The lowest BCUT2D eigenvalue weighted by atomic mass is 9.81. The van der Waals surface area contributed by atoms with Crippen molar-refractivity contribution in [2.75, 3.05) is 6.54 Å². The van der Waals surface area contributed by atoms with Gasteiger partial charge in [-0.15, -0.1) is 0 Å². The Morgan fingerprint density at radius 3 is 2.57 bits per heavy atom. The van der Waals surface area contributed by atoms with E-state index in [9.17, 15) is 14.4 Å². The maximum atomic E-state index is 12.6. The summed E-state index contributed by atoms with van der Waals surface area (Å²) < 4.78 is 5.50. The summed E-state index contributed by atoms with van der Waals surface area (Å²) in [6.45, 7) is 2.28. The smallest absolute Gasteiger partial charge is 0.253 e. The highest BCUT2D eigenvalue weighted by atomic mass is 16.3. The van der Waals surface area contributed by atoms with Crippen LogP contribution in [0.2, 0.25) is 0 Å². The van der Waals surface area contributed by atoms with Crippen molar-refractivity contribution < 1.29 is 14.0 Å². The van der Waals surface area contributed by atoms with E-state index in [-0.39, 0.29) is 17.4 Å². The van der Waals surface area contributed by atoms with Gasteiger partial charge in [0.05, 0.1) is 11.1 Å². The SMILES string of the molecule is Cc1ccc(CCC(=O)NCC2(NC(=O)c3ccc(=O)[nH]c3)CCCCC2)o1. The van der Waals surface area contributed by atoms with E-state index in [0.29, 0.717) is 24.9 Å². The van der Waals surface area contributed by atoms with Crippen LogP contribution in [0.5, 0.6) is 0 Å². The van der Waals surface area contributed by atoms with Crippen LogP contribution in [0, 0.1) is 6.92 Å². The Kier molecular flexibility index (Phi) is 6.34. The molecule has 7 nitrogen and oxygen atoms in total. The van der Waals surface area contributed by atoms with Crippen molar-refractivity contribution in [2.45, 2.75) is 57.4 Å². The first-order valence-electron chi connectivity index (χ1n) is 9.79. The summed E-state index contributed by atoms with van der Waals surface area (Å²) in [6, 6.07) is 6.61. The van der Waals surface area contributed by atoms with Gasteiger partial charge in [-0.1, -0.05) is 19.3 Å². The molecule has 0 aromatic carbocycles. The summed E-state index contributed by atoms with van der Waals surface area (Å²) in [7, 11) is 0. The number of furan rings is 1. The number of nitrogens with one attached hydrogen (secondary N) is 3. The van der Waals surface area contributed by atoms with Gasteiger partial charge in [-0.25, -0.2) is 0 Å². The van der Waals surface area contributed by atoms with Crippen LogP contribution in [0.15, 0.2) is 39.7 Å². The molecule has 1 aliphatic rings. The number of carbonyl (C=O) groups is 2. The molecule has 2 amide bonds. The molecule has 2 heterocycles. The van der Waals surface area contributed by atoms with E-state index in [1.54, 1.807) is 0 Å². The van der Waals surface area contributed by atoms with Crippen molar-refractivity contribution in [3.63, 3.8) is 0 Å². The van der Waals surface area contributed by atoms with Gasteiger partial charge in [0.25, 0.3) is 5.91 Å². The van der Waals surface area contributed by atoms with Crippen LogP contribution in [0.1, 0.15) is 60.4 Å². The molecule has 3 N–H and O–H groups in total. The topological polar surface area (TPSA) is 104 Å². The molecule has 0 unspecified atom stereocenters. The average Bonchev–Trinajstić information content (AvgIpc) is 3.11. The maximum Gasteiger partial charge on any atom is 0.253 e. The van der Waals surface area contributed by atoms with E-state index in [1.807, 2.05) is 19.1 Å². The van der Waals surface area contributed by atoms with Crippen LogP contribution >= 0.6 is 0 Å². The molecular formula is C21H27N3O4. The molecule has 1 aliphatic carbocycles. The Hall–Kier alpha value is -2.83. The number of rotatable bonds is 7. The summed E-state index contributed by atoms with van der Waals surface area (Å²) in [5.41, 5.74) is -0.297. The molecule has 0 aliphatic heterocycles. The molecule has 1 fully saturated rings. The summed E-state index contributed by atoms with van der Waals surface area (Å²) in [5, 5.41) is 6.09. The van der Waals surface area contributed by atoms with Gasteiger partial charge in [0.1, 0.15) is 11.5 Å². The van der Waals surface area contributed by atoms with E-state index < -0.39 is 5.54 Å². The number of aryl methyl sites for hydroxylation is 2. The third-order valence-corrected chi connectivity index (χ3v) is 5.25. The number of hydrogen-bond acceptors (Lipinski definition) is 4. The minimum atomic E-state index is -0.456. The average molecular weight is 385 g/mol. The van der Waals surface area contributed by atoms with Gasteiger partial charge >= 0.3 is 0 Å². The van der Waals surface area contributed by atoms with Crippen molar-refractivity contribution in [1.82, 2.24) is 15.6 Å². The first kappa shape index (κ1) is 19.9. The van der Waals surface area contributed by atoms with E-state index >= 15 is 0 Å². The Morgan fingerprint density at radius 1 is 1.14 bits per heavy atom. The Morgan fingerprint density at radius 2 is 1.93 bits per heavy atom. The molecule has 7 heteroatoms. The fraction of sp³-hybridized carbons (Fsp3) is 0.476. The zero-order chi connectivity index (χ0) is 20.0. The number of amides is 2. The van der Waals surface area contributed by atoms with Gasteiger partial charge in [-0.05, 0) is 38.0 Å². The predicted molar refractivity (Wildman–Crippen MR) is 105 cm³/mol. The van der Waals surface area contributed by atoms with Crippen molar-refractivity contribution in [2.24, 2.45) is 0 Å². The van der Waals surface area contributed by atoms with Crippen LogP contribution in [0.4, 0.5) is 0 Å². The highest BCUT2D eigenvalue weighted by Crippen LogP contribution is 2.28. The molecule has 0 saturated heterocycles. The largest absolute Gasteiger partial charge is 0.466 e. The first-order chi connectivity index (χ1) is 13.5. The number of pyridine rings is 1. The molecule has 1 saturated carbocycles. The van der Waals surface area contributed by atoms with Crippen LogP contribution < -0.4 is 16.2 Å². The van der Waals surface area contributed by atoms with Crippen molar-refractivity contribution in [3.8, 4) is 0 Å². The van der Waals surface area contributed by atoms with Crippen molar-refractivity contribution in [3.05, 3.63) is 57.9 Å². The molecular weight excluding hydrogens is 358 g/mol. The Labute approximate surface area is 163 Å². The fourth-order valence-corrected chi connectivity index (χ4v) is 3.65. The fourth-order valence-electron chi connectivity index (χ4n) is 3.65. The molecule has 28 heavy (non-hydrogen) atoms. The second kappa shape index (κ2) is 8.91. The van der Waals surface area contributed by atoms with Crippen LogP contribution in [0.25, 0.3) is 0 Å². The lowest BCUT2D eigenvalue weighted by Crippen LogP contribution is -2.56. The zero-order valence-corrected chi connectivity index (χ0v) is 16.2. The number of aromatic amines is 1. The highest BCUT2D eigenvalue weighted by Gasteiger charge is 2.34.